The van der Waals surface area contributed by atoms with Gasteiger partial charge in [0.25, 0.3) is 0 Å². The SMILES string of the molecule is C[C@H](NC(CCc1ccccc1)C(=O)O)C(=O)N1CCOCC1OC(=O)O. The minimum absolute atomic E-state index is 0.0544. The second-order valence-corrected chi connectivity index (χ2v) is 6.25. The van der Waals surface area contributed by atoms with Crippen LogP contribution in [-0.2, 0) is 25.5 Å². The van der Waals surface area contributed by atoms with Gasteiger partial charge in [0.2, 0.25) is 12.1 Å². The molecule has 1 heterocycles. The van der Waals surface area contributed by atoms with Crippen molar-refractivity contribution in [3.05, 3.63) is 35.9 Å². The van der Waals surface area contributed by atoms with Gasteiger partial charge in [0.15, 0.2) is 0 Å². The smallest absolute Gasteiger partial charge is 0.480 e. The predicted molar refractivity (Wildman–Crippen MR) is 94.2 cm³/mol. The fraction of sp³-hybridized carbons (Fsp3) is 0.500. The summed E-state index contributed by atoms with van der Waals surface area (Å²) in [6.07, 6.45) is -1.68. The highest BCUT2D eigenvalue weighted by Gasteiger charge is 2.34. The Bertz CT molecular complexity index is 652. The van der Waals surface area contributed by atoms with Gasteiger partial charge >= 0.3 is 12.1 Å². The number of hydrogen-bond donors (Lipinski definition) is 3. The van der Waals surface area contributed by atoms with Crippen molar-refractivity contribution in [2.24, 2.45) is 0 Å². The quantitative estimate of drug-likeness (QED) is 0.569. The molecule has 9 heteroatoms. The Labute approximate surface area is 156 Å². The Morgan fingerprint density at radius 1 is 1.30 bits per heavy atom. The predicted octanol–water partition coefficient (Wildman–Crippen LogP) is 0.930. The van der Waals surface area contributed by atoms with Crippen LogP contribution in [0.15, 0.2) is 30.3 Å². The van der Waals surface area contributed by atoms with Gasteiger partial charge in [-0.15, -0.1) is 0 Å². The standard InChI is InChI=1S/C18H24N2O7/c1-12(16(21)20-9-10-26-11-15(20)27-18(24)25)19-14(17(22)23)8-7-13-5-3-2-4-6-13/h2-6,12,14-15,19H,7-11H2,1H3,(H,22,23)(H,24,25)/t12-,14?,15?/m0/s1. The van der Waals surface area contributed by atoms with Crippen LogP contribution >= 0.6 is 0 Å². The number of carbonyl (C=O) groups excluding carboxylic acids is 1. The molecule has 0 spiro atoms. The van der Waals surface area contributed by atoms with E-state index in [4.69, 9.17) is 9.84 Å². The second-order valence-electron chi connectivity index (χ2n) is 6.25. The van der Waals surface area contributed by atoms with Crippen LogP contribution in [-0.4, -0.2) is 71.2 Å². The summed E-state index contributed by atoms with van der Waals surface area (Å²) in [6.45, 7) is 1.92. The van der Waals surface area contributed by atoms with Crippen LogP contribution in [0.1, 0.15) is 18.9 Å². The number of carbonyl (C=O) groups is 3. The Balaban J connectivity index is 1.96. The molecular weight excluding hydrogens is 356 g/mol. The van der Waals surface area contributed by atoms with Gasteiger partial charge in [-0.1, -0.05) is 30.3 Å². The van der Waals surface area contributed by atoms with Crippen LogP contribution in [0.25, 0.3) is 0 Å². The molecule has 1 fully saturated rings. The van der Waals surface area contributed by atoms with E-state index in [1.165, 1.54) is 4.90 Å². The molecule has 2 unspecified atom stereocenters. The Kier molecular flexibility index (Phi) is 7.56. The van der Waals surface area contributed by atoms with Crippen LogP contribution in [0.4, 0.5) is 4.79 Å². The first-order chi connectivity index (χ1) is 12.9. The number of amides is 1. The fourth-order valence-electron chi connectivity index (χ4n) is 2.90. The van der Waals surface area contributed by atoms with E-state index in [-0.39, 0.29) is 19.8 Å². The zero-order valence-electron chi connectivity index (χ0n) is 15.0. The summed E-state index contributed by atoms with van der Waals surface area (Å²) in [5.74, 6) is -1.48. The molecule has 0 bridgehead atoms. The van der Waals surface area contributed by atoms with Gasteiger partial charge < -0.3 is 24.6 Å². The largest absolute Gasteiger partial charge is 0.507 e. The number of nitrogens with zero attached hydrogens (tertiary/aromatic N) is 1. The van der Waals surface area contributed by atoms with Crippen molar-refractivity contribution in [1.82, 2.24) is 10.2 Å². The third-order valence-electron chi connectivity index (χ3n) is 4.29. The summed E-state index contributed by atoms with van der Waals surface area (Å²) in [7, 11) is 0. The second kappa shape index (κ2) is 9.89. The molecule has 1 aliphatic heterocycles. The van der Waals surface area contributed by atoms with Crippen LogP contribution in [0.3, 0.4) is 0 Å². The number of hydrogen-bond acceptors (Lipinski definition) is 6. The number of carboxylic acids is 1. The van der Waals surface area contributed by atoms with E-state index >= 15 is 0 Å². The van der Waals surface area contributed by atoms with Gasteiger partial charge in [-0.05, 0) is 25.3 Å². The summed E-state index contributed by atoms with van der Waals surface area (Å²) in [4.78, 5) is 36.3. The third kappa shape index (κ3) is 6.22. The topological polar surface area (TPSA) is 125 Å². The Hall–Kier alpha value is -2.65. The minimum atomic E-state index is -1.50. The lowest BCUT2D eigenvalue weighted by Gasteiger charge is -2.36. The highest BCUT2D eigenvalue weighted by Crippen LogP contribution is 2.12. The summed E-state index contributed by atoms with van der Waals surface area (Å²) >= 11 is 0. The van der Waals surface area contributed by atoms with Gasteiger partial charge in [-0.25, -0.2) is 4.79 Å². The average Bonchev–Trinajstić information content (AvgIpc) is 2.65. The number of nitrogens with one attached hydrogen (secondary N) is 1. The van der Waals surface area contributed by atoms with Crippen LogP contribution in [0.5, 0.6) is 0 Å². The van der Waals surface area contributed by atoms with Crippen molar-refractivity contribution in [2.75, 3.05) is 19.8 Å². The van der Waals surface area contributed by atoms with E-state index in [1.807, 2.05) is 30.3 Å². The van der Waals surface area contributed by atoms with Gasteiger partial charge in [-0.3, -0.25) is 14.9 Å². The molecule has 1 aliphatic rings. The molecule has 0 aromatic heterocycles. The number of ether oxygens (including phenoxy) is 2. The summed E-state index contributed by atoms with van der Waals surface area (Å²) in [6, 6.07) is 7.74. The Morgan fingerprint density at radius 3 is 2.63 bits per heavy atom. The first-order valence-electron chi connectivity index (χ1n) is 8.69. The highest BCUT2D eigenvalue weighted by atomic mass is 16.7. The molecule has 0 saturated carbocycles. The van der Waals surface area contributed by atoms with Crippen LogP contribution in [0, 0.1) is 0 Å². The maximum atomic E-state index is 12.7. The zero-order valence-corrected chi connectivity index (χ0v) is 15.0. The normalized spacial score (nSPS) is 19.1. The van der Waals surface area contributed by atoms with Crippen molar-refractivity contribution >= 4 is 18.0 Å². The van der Waals surface area contributed by atoms with Gasteiger partial charge in [-0.2, -0.15) is 0 Å². The third-order valence-corrected chi connectivity index (χ3v) is 4.29. The van der Waals surface area contributed by atoms with E-state index in [1.54, 1.807) is 6.92 Å². The van der Waals surface area contributed by atoms with Gasteiger partial charge in [0.1, 0.15) is 12.6 Å². The molecule has 1 saturated heterocycles. The molecule has 1 amide bonds. The molecule has 1 aromatic rings. The van der Waals surface area contributed by atoms with E-state index in [0.29, 0.717) is 12.8 Å². The summed E-state index contributed by atoms with van der Waals surface area (Å²) < 4.78 is 9.84. The van der Waals surface area contributed by atoms with Crippen molar-refractivity contribution < 1.29 is 34.1 Å². The molecule has 27 heavy (non-hydrogen) atoms. The lowest BCUT2D eigenvalue weighted by Crippen LogP contribution is -2.57. The fourth-order valence-corrected chi connectivity index (χ4v) is 2.90. The molecule has 3 N–H and O–H groups in total. The maximum absolute atomic E-state index is 12.7. The molecule has 3 atom stereocenters. The molecule has 148 valence electrons. The molecular formula is C18H24N2O7. The monoisotopic (exact) mass is 380 g/mol. The van der Waals surface area contributed by atoms with Gasteiger partial charge in [0, 0.05) is 6.54 Å². The van der Waals surface area contributed by atoms with Crippen molar-refractivity contribution in [3.8, 4) is 0 Å². The molecule has 0 aliphatic carbocycles. The lowest BCUT2D eigenvalue weighted by molar-refractivity contribution is -0.161. The number of aryl methyl sites for hydroxylation is 1. The summed E-state index contributed by atoms with van der Waals surface area (Å²) in [5, 5.41) is 21.1. The van der Waals surface area contributed by atoms with Gasteiger partial charge in [0.05, 0.1) is 12.6 Å². The molecule has 0 radical (unpaired) electrons. The highest BCUT2D eigenvalue weighted by molar-refractivity contribution is 5.83. The first-order valence-corrected chi connectivity index (χ1v) is 8.69. The molecule has 1 aromatic carbocycles. The van der Waals surface area contributed by atoms with Crippen LogP contribution in [0.2, 0.25) is 0 Å². The van der Waals surface area contributed by atoms with Crippen molar-refractivity contribution in [2.45, 2.75) is 38.1 Å². The number of benzene rings is 1. The average molecular weight is 380 g/mol. The summed E-state index contributed by atoms with van der Waals surface area (Å²) in [5.41, 5.74) is 1.01. The van der Waals surface area contributed by atoms with E-state index in [9.17, 15) is 19.5 Å². The molecule has 2 rings (SSSR count). The van der Waals surface area contributed by atoms with E-state index < -0.39 is 36.3 Å². The van der Waals surface area contributed by atoms with Crippen molar-refractivity contribution in [3.63, 3.8) is 0 Å². The molecule has 9 nitrogen and oxygen atoms in total. The Morgan fingerprint density at radius 2 is 2.00 bits per heavy atom. The number of morpholine rings is 1. The van der Waals surface area contributed by atoms with E-state index in [2.05, 4.69) is 10.1 Å². The van der Waals surface area contributed by atoms with Crippen molar-refractivity contribution in [1.29, 1.82) is 0 Å². The lowest BCUT2D eigenvalue weighted by atomic mass is 10.0. The number of rotatable bonds is 8. The zero-order chi connectivity index (χ0) is 19.8. The number of aliphatic carboxylic acids is 1. The maximum Gasteiger partial charge on any atom is 0.507 e. The van der Waals surface area contributed by atoms with E-state index in [0.717, 1.165) is 5.56 Å². The first kappa shape index (κ1) is 20.7. The minimum Gasteiger partial charge on any atom is -0.480 e. The van der Waals surface area contributed by atoms with Crippen LogP contribution < -0.4 is 5.32 Å². The number of carboxylic acid groups (broad SMARTS) is 2.